The summed E-state index contributed by atoms with van der Waals surface area (Å²) >= 11 is 0. The highest BCUT2D eigenvalue weighted by molar-refractivity contribution is 6.90. The number of carbonyl (C=O) groups is 2. The van der Waals surface area contributed by atoms with Gasteiger partial charge in [-0.1, -0.05) is 39.3 Å². The van der Waals surface area contributed by atoms with E-state index in [1.807, 2.05) is 22.3 Å². The van der Waals surface area contributed by atoms with Crippen molar-refractivity contribution in [2.45, 2.75) is 78.1 Å². The van der Waals surface area contributed by atoms with Crippen LogP contribution < -0.4 is 0 Å². The molecule has 0 aromatic heterocycles. The molecule has 0 saturated carbocycles. The van der Waals surface area contributed by atoms with Crippen molar-refractivity contribution in [1.82, 2.24) is 8.46 Å². The Kier molecular flexibility index (Phi) is 9.70. The summed E-state index contributed by atoms with van der Waals surface area (Å²) in [7, 11) is -4.84. The summed E-state index contributed by atoms with van der Waals surface area (Å²) in [5.41, 5.74) is 0. The van der Waals surface area contributed by atoms with E-state index in [0.29, 0.717) is 26.1 Å². The van der Waals surface area contributed by atoms with Gasteiger partial charge >= 0.3 is 17.4 Å². The number of carbonyl (C=O) groups excluding carboxylic acids is 2. The Morgan fingerprint density at radius 1 is 0.733 bits per heavy atom. The van der Waals surface area contributed by atoms with Crippen LogP contribution in [0.1, 0.15) is 26.7 Å². The number of nitrogens with zero attached hydrogens (tertiary/aromatic N) is 2. The molecule has 2 fully saturated rings. The number of hydrogen-bond acceptors (Lipinski definition) is 6. The molecular weight excluding hydrogens is 453 g/mol. The maximum absolute atomic E-state index is 12.0. The molecule has 0 radical (unpaired) electrons. The monoisotopic (exact) mass is 494 g/mol. The Morgan fingerprint density at radius 3 is 1.33 bits per heavy atom. The lowest BCUT2D eigenvalue weighted by Gasteiger charge is -2.41. The van der Waals surface area contributed by atoms with E-state index in [0.717, 1.165) is 12.1 Å². The first-order valence-corrected chi connectivity index (χ1v) is 21.6. The van der Waals surface area contributed by atoms with Gasteiger partial charge in [-0.25, -0.2) is 0 Å². The van der Waals surface area contributed by atoms with Gasteiger partial charge in [0, 0.05) is 52.4 Å². The Balaban J connectivity index is 0.000000303. The van der Waals surface area contributed by atoms with Crippen molar-refractivity contribution in [3.8, 4) is 0 Å². The molecule has 0 aromatic rings. The molecule has 0 bridgehead atoms. The first-order valence-electron chi connectivity index (χ1n) is 10.8. The number of hydrogen-bond donors (Lipinski definition) is 0. The highest BCUT2D eigenvalue weighted by Crippen LogP contribution is 2.34. The molecule has 0 N–H and O–H groups in total. The lowest BCUT2D eigenvalue weighted by Crippen LogP contribution is -2.64. The lowest BCUT2D eigenvalue weighted by atomic mass is 10.5. The van der Waals surface area contributed by atoms with Crippen LogP contribution in [0.25, 0.3) is 0 Å². The third-order valence-corrected chi connectivity index (χ3v) is 20.8. The molecule has 0 unspecified atom stereocenters. The lowest BCUT2D eigenvalue weighted by molar-refractivity contribution is -0.124. The molecule has 2 saturated heterocycles. The topological polar surface area (TPSA) is 77.5 Å². The minimum Gasteiger partial charge on any atom is -0.382 e. The van der Waals surface area contributed by atoms with Gasteiger partial charge in [-0.15, -0.1) is 0 Å². The van der Waals surface area contributed by atoms with Crippen LogP contribution in [-0.2, 0) is 27.3 Å². The van der Waals surface area contributed by atoms with E-state index in [1.165, 1.54) is 0 Å². The molecule has 2 amide bonds. The maximum Gasteiger partial charge on any atom is 0.453 e. The van der Waals surface area contributed by atoms with Gasteiger partial charge in [0.2, 0.25) is 11.8 Å². The largest absolute Gasteiger partial charge is 0.453 e. The zero-order valence-electron chi connectivity index (χ0n) is 20.6. The maximum atomic E-state index is 12.0. The zero-order valence-corrected chi connectivity index (χ0v) is 24.6. The van der Waals surface area contributed by atoms with E-state index in [9.17, 15) is 9.59 Å². The molecule has 0 aromatic carbocycles. The fourth-order valence-corrected chi connectivity index (χ4v) is 20.8. The molecule has 8 nitrogen and oxygen atoms in total. The van der Waals surface area contributed by atoms with Crippen LogP contribution in [0.2, 0.25) is 51.4 Å². The van der Waals surface area contributed by atoms with Crippen LogP contribution in [0.4, 0.5) is 0 Å². The van der Waals surface area contributed by atoms with E-state index in [1.54, 1.807) is 14.2 Å². The van der Waals surface area contributed by atoms with Crippen molar-refractivity contribution in [3.63, 3.8) is 0 Å². The van der Waals surface area contributed by atoms with Gasteiger partial charge in [-0.2, -0.15) is 0 Å². The van der Waals surface area contributed by atoms with Crippen molar-refractivity contribution in [1.29, 1.82) is 0 Å². The van der Waals surface area contributed by atoms with Crippen molar-refractivity contribution < 1.29 is 27.3 Å². The molecule has 0 aliphatic carbocycles. The molecule has 2 aliphatic heterocycles. The predicted molar refractivity (Wildman–Crippen MR) is 128 cm³/mol. The normalized spacial score (nSPS) is 21.1. The van der Waals surface area contributed by atoms with Gasteiger partial charge in [0.25, 0.3) is 0 Å². The fraction of sp³-hybridized carbons (Fsp3) is 0.889. The van der Waals surface area contributed by atoms with Gasteiger partial charge in [0.15, 0.2) is 0 Å². The molecule has 176 valence electrons. The standard InChI is InChI=1S/C10H23NO3Si2.C8H19NO3Si2/c1-6-13-16(14-7-2)9-8-10(12)11(16)15(3,4)5;1-11-14(12-2)7-6-8(10)9(14)13(3,4)5/h6-9H2,1-5H3;6-7H2,1-5H3. The van der Waals surface area contributed by atoms with E-state index in [-0.39, 0.29) is 11.8 Å². The van der Waals surface area contributed by atoms with Crippen LogP contribution in [0.5, 0.6) is 0 Å². The van der Waals surface area contributed by atoms with Crippen LogP contribution in [-0.4, -0.2) is 81.6 Å². The fourth-order valence-electron chi connectivity index (χ4n) is 4.36. The quantitative estimate of drug-likeness (QED) is 0.482. The van der Waals surface area contributed by atoms with Crippen molar-refractivity contribution in [3.05, 3.63) is 0 Å². The molecule has 2 heterocycles. The van der Waals surface area contributed by atoms with E-state index >= 15 is 0 Å². The van der Waals surface area contributed by atoms with Crippen LogP contribution in [0, 0.1) is 0 Å². The molecule has 0 atom stereocenters. The second-order valence-corrected chi connectivity index (χ2v) is 26.1. The summed E-state index contributed by atoms with van der Waals surface area (Å²) in [5, 5.41) is 0. The highest BCUT2D eigenvalue weighted by Gasteiger charge is 2.57. The minimum absolute atomic E-state index is 0.208. The molecular formula is C18H42N2O6Si4. The summed E-state index contributed by atoms with van der Waals surface area (Å²) in [5.74, 6) is 0.437. The molecule has 30 heavy (non-hydrogen) atoms. The highest BCUT2D eigenvalue weighted by atomic mass is 28.4. The summed E-state index contributed by atoms with van der Waals surface area (Å²) in [6.07, 6.45) is 1.18. The van der Waals surface area contributed by atoms with Gasteiger partial charge < -0.3 is 26.2 Å². The Labute approximate surface area is 187 Å². The Morgan fingerprint density at radius 2 is 1.07 bits per heavy atom. The van der Waals surface area contributed by atoms with Crippen molar-refractivity contribution in [2.75, 3.05) is 27.4 Å². The third kappa shape index (κ3) is 5.91. The summed E-state index contributed by atoms with van der Waals surface area (Å²) in [6.45, 7) is 18.2. The zero-order chi connectivity index (χ0) is 23.4. The van der Waals surface area contributed by atoms with Crippen LogP contribution >= 0.6 is 0 Å². The summed E-state index contributed by atoms with van der Waals surface area (Å²) in [4.78, 5) is 23.8. The Hall–Kier alpha value is -0.352. The van der Waals surface area contributed by atoms with Crippen molar-refractivity contribution >= 4 is 45.7 Å². The van der Waals surface area contributed by atoms with Gasteiger partial charge in [-0.05, 0) is 13.8 Å². The first-order chi connectivity index (χ1) is 13.7. The number of amides is 2. The summed E-state index contributed by atoms with van der Waals surface area (Å²) < 4.78 is 26.8. The molecule has 2 aliphatic rings. The van der Waals surface area contributed by atoms with E-state index < -0.39 is 33.9 Å². The van der Waals surface area contributed by atoms with Crippen LogP contribution in [0.15, 0.2) is 0 Å². The van der Waals surface area contributed by atoms with E-state index in [2.05, 4.69) is 39.3 Å². The number of rotatable bonds is 8. The molecule has 12 heteroatoms. The average Bonchev–Trinajstić information content (AvgIpc) is 3.13. The third-order valence-electron chi connectivity index (χ3n) is 5.21. The Bertz CT molecular complexity index is 598. The SMILES string of the molecule is CCO[Si]1(OCC)CCC(=O)N1[Si](C)(C)C.CO[Si]1(OC)CCC(=O)N1[Si](C)(C)C. The smallest absolute Gasteiger partial charge is 0.382 e. The van der Waals surface area contributed by atoms with E-state index in [4.69, 9.17) is 17.7 Å². The van der Waals surface area contributed by atoms with Gasteiger partial charge in [0.1, 0.15) is 16.5 Å². The van der Waals surface area contributed by atoms with Crippen LogP contribution in [0.3, 0.4) is 0 Å². The molecule has 2 rings (SSSR count). The average molecular weight is 495 g/mol. The minimum atomic E-state index is -2.41. The summed E-state index contributed by atoms with van der Waals surface area (Å²) in [6, 6.07) is 1.56. The first kappa shape index (κ1) is 27.7. The van der Waals surface area contributed by atoms with Crippen molar-refractivity contribution in [2.24, 2.45) is 0 Å². The second-order valence-electron chi connectivity index (χ2n) is 9.50. The van der Waals surface area contributed by atoms with Gasteiger partial charge in [0.05, 0.1) is 0 Å². The molecule has 0 spiro atoms. The predicted octanol–water partition coefficient (Wildman–Crippen LogP) is 3.35. The second kappa shape index (κ2) is 10.5. The van der Waals surface area contributed by atoms with Gasteiger partial charge in [-0.3, -0.25) is 9.59 Å².